The van der Waals surface area contributed by atoms with E-state index in [2.05, 4.69) is 5.32 Å². The highest BCUT2D eigenvalue weighted by Gasteiger charge is 2.43. The Morgan fingerprint density at radius 2 is 2.19 bits per heavy atom. The Morgan fingerprint density at radius 1 is 1.38 bits per heavy atom. The number of fused-ring (bicyclic) bond motifs is 1. The summed E-state index contributed by atoms with van der Waals surface area (Å²) in [4.78, 5) is 14.4. The van der Waals surface area contributed by atoms with Crippen molar-refractivity contribution in [2.75, 3.05) is 13.6 Å². The Hall–Kier alpha value is -0.770. The molecule has 1 N–H and O–H groups in total. The first kappa shape index (κ1) is 15.1. The van der Waals surface area contributed by atoms with Gasteiger partial charge in [0.1, 0.15) is 0 Å². The van der Waals surface area contributed by atoms with E-state index < -0.39 is 0 Å². The third-order valence-corrected chi connectivity index (χ3v) is 5.69. The second-order valence-corrected chi connectivity index (χ2v) is 6.93. The fourth-order valence-corrected chi connectivity index (χ4v) is 4.08. The molecule has 1 amide bonds. The zero-order valence-corrected chi connectivity index (χ0v) is 13.6. The van der Waals surface area contributed by atoms with Gasteiger partial charge in [-0.15, -0.1) is 0 Å². The summed E-state index contributed by atoms with van der Waals surface area (Å²) in [5.41, 5.74) is 0.890. The first-order valence-electron chi connectivity index (χ1n) is 7.49. The van der Waals surface area contributed by atoms with E-state index in [1.807, 2.05) is 19.2 Å². The maximum Gasteiger partial charge on any atom is 0.240 e. The van der Waals surface area contributed by atoms with Gasteiger partial charge in [-0.25, -0.2) is 0 Å². The molecule has 1 aromatic rings. The molecule has 2 aliphatic rings. The van der Waals surface area contributed by atoms with Crippen LogP contribution in [-0.4, -0.2) is 30.4 Å². The standard InChI is InChI=1S/C16H20Cl2N2O/c1-20(9-11-5-3-7-13(17)14(11)18)16(21)15-12-6-2-4-10(12)8-19-15/h3,5,7,10,12,15,19H,2,4,6,8-9H2,1H3. The molecule has 1 aromatic carbocycles. The SMILES string of the molecule is CN(Cc1cccc(Cl)c1Cl)C(=O)C1NCC2CCCC21. The zero-order chi connectivity index (χ0) is 15.0. The number of hydrogen-bond donors (Lipinski definition) is 1. The van der Waals surface area contributed by atoms with E-state index >= 15 is 0 Å². The predicted molar refractivity (Wildman–Crippen MR) is 85.6 cm³/mol. The molecule has 0 radical (unpaired) electrons. The van der Waals surface area contributed by atoms with Crippen LogP contribution in [0, 0.1) is 11.8 Å². The summed E-state index contributed by atoms with van der Waals surface area (Å²) < 4.78 is 0. The summed E-state index contributed by atoms with van der Waals surface area (Å²) in [5, 5.41) is 4.47. The van der Waals surface area contributed by atoms with E-state index in [4.69, 9.17) is 23.2 Å². The molecule has 0 aromatic heterocycles. The number of hydrogen-bond acceptors (Lipinski definition) is 2. The number of benzene rings is 1. The van der Waals surface area contributed by atoms with E-state index in [1.165, 1.54) is 19.3 Å². The average molecular weight is 327 g/mol. The summed E-state index contributed by atoms with van der Waals surface area (Å²) in [6, 6.07) is 5.51. The lowest BCUT2D eigenvalue weighted by Gasteiger charge is -2.25. The average Bonchev–Trinajstić information content (AvgIpc) is 3.05. The molecule has 1 aliphatic carbocycles. The highest BCUT2D eigenvalue weighted by Crippen LogP contribution is 2.38. The molecule has 5 heteroatoms. The zero-order valence-electron chi connectivity index (χ0n) is 12.1. The quantitative estimate of drug-likeness (QED) is 0.923. The van der Waals surface area contributed by atoms with Gasteiger partial charge in [-0.3, -0.25) is 4.79 Å². The molecule has 114 valence electrons. The van der Waals surface area contributed by atoms with Crippen LogP contribution in [0.5, 0.6) is 0 Å². The maximum atomic E-state index is 12.7. The van der Waals surface area contributed by atoms with Crippen LogP contribution < -0.4 is 5.32 Å². The molecule has 3 atom stereocenters. The van der Waals surface area contributed by atoms with Crippen molar-refractivity contribution in [2.24, 2.45) is 11.8 Å². The Morgan fingerprint density at radius 3 is 3.00 bits per heavy atom. The summed E-state index contributed by atoms with van der Waals surface area (Å²) in [7, 11) is 1.84. The monoisotopic (exact) mass is 326 g/mol. The van der Waals surface area contributed by atoms with E-state index in [0.29, 0.717) is 28.4 Å². The van der Waals surface area contributed by atoms with Crippen LogP contribution in [0.4, 0.5) is 0 Å². The van der Waals surface area contributed by atoms with E-state index in [0.717, 1.165) is 12.1 Å². The number of likely N-dealkylation sites (N-methyl/N-ethyl adjacent to an activating group) is 1. The molecular weight excluding hydrogens is 307 g/mol. The molecule has 1 heterocycles. The van der Waals surface area contributed by atoms with Crippen molar-refractivity contribution >= 4 is 29.1 Å². The fourth-order valence-electron chi connectivity index (χ4n) is 3.70. The highest BCUT2D eigenvalue weighted by atomic mass is 35.5. The third kappa shape index (κ3) is 2.92. The topological polar surface area (TPSA) is 32.3 Å². The largest absolute Gasteiger partial charge is 0.340 e. The first-order valence-corrected chi connectivity index (χ1v) is 8.24. The molecule has 3 nitrogen and oxygen atoms in total. The molecule has 0 spiro atoms. The molecule has 3 rings (SSSR count). The maximum absolute atomic E-state index is 12.7. The normalized spacial score (nSPS) is 27.7. The number of carbonyl (C=O) groups is 1. The van der Waals surface area contributed by atoms with E-state index in [9.17, 15) is 4.79 Å². The van der Waals surface area contributed by atoms with Gasteiger partial charge in [0.25, 0.3) is 0 Å². The van der Waals surface area contributed by atoms with E-state index in [-0.39, 0.29) is 11.9 Å². The lowest BCUT2D eigenvalue weighted by molar-refractivity contribution is -0.133. The number of nitrogens with one attached hydrogen (secondary N) is 1. The van der Waals surface area contributed by atoms with Gasteiger partial charge >= 0.3 is 0 Å². The molecule has 1 saturated heterocycles. The van der Waals surface area contributed by atoms with Crippen molar-refractivity contribution in [3.05, 3.63) is 33.8 Å². The van der Waals surface area contributed by atoms with Gasteiger partial charge in [-0.2, -0.15) is 0 Å². The van der Waals surface area contributed by atoms with E-state index in [1.54, 1.807) is 11.0 Å². The van der Waals surface area contributed by atoms with Crippen molar-refractivity contribution in [1.82, 2.24) is 10.2 Å². The van der Waals surface area contributed by atoms with Gasteiger partial charge < -0.3 is 10.2 Å². The van der Waals surface area contributed by atoms with Crippen molar-refractivity contribution < 1.29 is 4.79 Å². The number of carbonyl (C=O) groups excluding carboxylic acids is 1. The van der Waals surface area contributed by atoms with Gasteiger partial charge in [0.15, 0.2) is 0 Å². The molecule has 21 heavy (non-hydrogen) atoms. The Labute approximate surface area is 135 Å². The minimum absolute atomic E-state index is 0.0274. The third-order valence-electron chi connectivity index (χ3n) is 4.83. The summed E-state index contributed by atoms with van der Waals surface area (Å²) in [6.45, 7) is 1.47. The van der Waals surface area contributed by atoms with Crippen LogP contribution in [0.1, 0.15) is 24.8 Å². The van der Waals surface area contributed by atoms with Crippen LogP contribution in [-0.2, 0) is 11.3 Å². The fraction of sp³-hybridized carbons (Fsp3) is 0.562. The molecular formula is C16H20Cl2N2O. The smallest absolute Gasteiger partial charge is 0.240 e. The van der Waals surface area contributed by atoms with Crippen molar-refractivity contribution in [3.63, 3.8) is 0 Å². The second-order valence-electron chi connectivity index (χ2n) is 6.15. The van der Waals surface area contributed by atoms with Crippen LogP contribution >= 0.6 is 23.2 Å². The highest BCUT2D eigenvalue weighted by molar-refractivity contribution is 6.42. The van der Waals surface area contributed by atoms with Gasteiger partial charge in [0.2, 0.25) is 5.91 Å². The van der Waals surface area contributed by atoms with Crippen LogP contribution in [0.3, 0.4) is 0 Å². The van der Waals surface area contributed by atoms with Crippen LogP contribution in [0.2, 0.25) is 10.0 Å². The second kappa shape index (κ2) is 6.15. The van der Waals surface area contributed by atoms with Crippen molar-refractivity contribution in [2.45, 2.75) is 31.8 Å². The van der Waals surface area contributed by atoms with Crippen LogP contribution in [0.15, 0.2) is 18.2 Å². The molecule has 3 unspecified atom stereocenters. The summed E-state index contributed by atoms with van der Waals surface area (Å²) >= 11 is 12.2. The number of halogens is 2. The molecule has 2 fully saturated rings. The van der Waals surface area contributed by atoms with Gasteiger partial charge in [-0.1, -0.05) is 41.8 Å². The van der Waals surface area contributed by atoms with Crippen LogP contribution in [0.25, 0.3) is 0 Å². The van der Waals surface area contributed by atoms with Crippen molar-refractivity contribution in [1.29, 1.82) is 0 Å². The Kier molecular flexibility index (Phi) is 4.43. The Bertz CT molecular complexity index is 549. The summed E-state index contributed by atoms with van der Waals surface area (Å²) in [5.74, 6) is 1.36. The Balaban J connectivity index is 1.69. The van der Waals surface area contributed by atoms with Gasteiger partial charge in [0.05, 0.1) is 16.1 Å². The number of amides is 1. The minimum atomic E-state index is -0.0274. The predicted octanol–water partition coefficient (Wildman–Crippen LogP) is 3.34. The van der Waals surface area contributed by atoms with Crippen molar-refractivity contribution in [3.8, 4) is 0 Å². The summed E-state index contributed by atoms with van der Waals surface area (Å²) in [6.07, 6.45) is 3.68. The lowest BCUT2D eigenvalue weighted by Crippen LogP contribution is -2.44. The lowest BCUT2D eigenvalue weighted by atomic mass is 9.93. The van der Waals surface area contributed by atoms with Gasteiger partial charge in [-0.05, 0) is 42.9 Å². The van der Waals surface area contributed by atoms with Gasteiger partial charge in [0, 0.05) is 13.6 Å². The first-order chi connectivity index (χ1) is 10.1. The minimum Gasteiger partial charge on any atom is -0.340 e. The molecule has 1 saturated carbocycles. The number of nitrogens with zero attached hydrogens (tertiary/aromatic N) is 1. The molecule has 1 aliphatic heterocycles. The number of rotatable bonds is 3. The molecule has 0 bridgehead atoms.